The lowest BCUT2D eigenvalue weighted by atomic mass is 10.4. The van der Waals surface area contributed by atoms with Gasteiger partial charge < -0.3 is 15.4 Å². The molecule has 1 rings (SSSR count). The number of thioether (sulfide) groups is 1. The highest BCUT2D eigenvalue weighted by molar-refractivity contribution is 8.08. The molecule has 0 amide bonds. The molecule has 0 unspecified atom stereocenters. The molecule has 0 aliphatic carbocycles. The number of nitrogens with two attached hydrogens (primary N) is 1. The van der Waals surface area contributed by atoms with Gasteiger partial charge in [0.15, 0.2) is 0 Å². The Morgan fingerprint density at radius 2 is 2.19 bits per heavy atom. The van der Waals surface area contributed by atoms with E-state index < -0.39 is 5.97 Å². The van der Waals surface area contributed by atoms with Crippen molar-refractivity contribution in [2.75, 3.05) is 19.7 Å². The molecular weight excluding hydrogens is 226 g/mol. The summed E-state index contributed by atoms with van der Waals surface area (Å²) in [5.41, 5.74) is 5.87. The minimum atomic E-state index is -0.515. The fraction of sp³-hybridized carbons (Fsp3) is 0.600. The van der Waals surface area contributed by atoms with E-state index in [4.69, 9.17) is 15.7 Å². The quantitative estimate of drug-likeness (QED) is 0.449. The van der Waals surface area contributed by atoms with Gasteiger partial charge in [-0.3, -0.25) is 0 Å². The van der Waals surface area contributed by atoms with E-state index in [1.54, 1.807) is 6.92 Å². The average Bonchev–Trinajstić information content (AvgIpc) is 2.78. The van der Waals surface area contributed by atoms with Crippen LogP contribution in [0.5, 0.6) is 0 Å². The Labute approximate surface area is 99.2 Å². The standard InChI is InChI=1S/C10H15N3O2S/c1-2-15-10(14)8(16-7-11)9(12)13-5-3-4-6-13/h2-6,12H2,1H3/b9-8+. The molecule has 0 aromatic heterocycles. The summed E-state index contributed by atoms with van der Waals surface area (Å²) in [5.74, 6) is -0.152. The predicted octanol–water partition coefficient (Wildman–Crippen LogP) is 0.987. The smallest absolute Gasteiger partial charge is 0.349 e. The largest absolute Gasteiger partial charge is 0.462 e. The first-order valence-electron chi connectivity index (χ1n) is 5.18. The molecule has 0 aromatic carbocycles. The van der Waals surface area contributed by atoms with Crippen LogP contribution in [0.3, 0.4) is 0 Å². The van der Waals surface area contributed by atoms with E-state index >= 15 is 0 Å². The number of rotatable bonds is 4. The third kappa shape index (κ3) is 3.07. The number of carbonyl (C=O) groups excluding carboxylic acids is 1. The van der Waals surface area contributed by atoms with Crippen LogP contribution in [-0.2, 0) is 9.53 Å². The zero-order valence-corrected chi connectivity index (χ0v) is 10.0. The molecule has 5 nitrogen and oxygen atoms in total. The highest BCUT2D eigenvalue weighted by atomic mass is 32.2. The maximum Gasteiger partial charge on any atom is 0.349 e. The molecule has 0 aromatic rings. The first kappa shape index (κ1) is 12.7. The van der Waals surface area contributed by atoms with Gasteiger partial charge in [-0.25, -0.2) is 4.79 Å². The van der Waals surface area contributed by atoms with Gasteiger partial charge in [-0.2, -0.15) is 5.26 Å². The highest BCUT2D eigenvalue weighted by Gasteiger charge is 2.22. The molecule has 1 saturated heterocycles. The van der Waals surface area contributed by atoms with Crippen molar-refractivity contribution in [2.24, 2.45) is 5.73 Å². The number of ether oxygens (including phenoxy) is 1. The number of carbonyl (C=O) groups is 1. The number of hydrogen-bond acceptors (Lipinski definition) is 6. The van der Waals surface area contributed by atoms with E-state index in [9.17, 15) is 4.79 Å². The SMILES string of the molecule is CCOC(=O)/C(SC#N)=C(/N)N1CCCC1. The second-order valence-corrected chi connectivity index (χ2v) is 4.12. The second-order valence-electron chi connectivity index (χ2n) is 3.32. The molecule has 16 heavy (non-hydrogen) atoms. The number of esters is 1. The zero-order chi connectivity index (χ0) is 12.0. The van der Waals surface area contributed by atoms with Crippen LogP contribution in [0, 0.1) is 10.7 Å². The summed E-state index contributed by atoms with van der Waals surface area (Å²) >= 11 is 0.763. The fourth-order valence-electron chi connectivity index (χ4n) is 1.54. The second kappa shape index (κ2) is 6.28. The lowest BCUT2D eigenvalue weighted by Crippen LogP contribution is -2.27. The van der Waals surface area contributed by atoms with Crippen molar-refractivity contribution >= 4 is 17.7 Å². The van der Waals surface area contributed by atoms with Crippen LogP contribution in [0.4, 0.5) is 0 Å². The molecule has 0 radical (unpaired) electrons. The van der Waals surface area contributed by atoms with Gasteiger partial charge in [-0.05, 0) is 19.8 Å². The first-order valence-corrected chi connectivity index (χ1v) is 6.00. The van der Waals surface area contributed by atoms with Gasteiger partial charge in [-0.15, -0.1) is 0 Å². The van der Waals surface area contributed by atoms with Crippen molar-refractivity contribution in [3.8, 4) is 5.40 Å². The van der Waals surface area contributed by atoms with Crippen LogP contribution >= 0.6 is 11.8 Å². The molecule has 0 saturated carbocycles. The lowest BCUT2D eigenvalue weighted by molar-refractivity contribution is -0.137. The normalized spacial score (nSPS) is 16.6. The van der Waals surface area contributed by atoms with Gasteiger partial charge in [0.25, 0.3) is 0 Å². The van der Waals surface area contributed by atoms with Crippen molar-refractivity contribution in [2.45, 2.75) is 19.8 Å². The molecule has 0 spiro atoms. The summed E-state index contributed by atoms with van der Waals surface area (Å²) in [5, 5.41) is 10.5. The van der Waals surface area contributed by atoms with Gasteiger partial charge in [-0.1, -0.05) is 0 Å². The van der Waals surface area contributed by atoms with Crippen LogP contribution in [0.1, 0.15) is 19.8 Å². The molecule has 6 heteroatoms. The van der Waals surface area contributed by atoms with Crippen molar-refractivity contribution in [1.29, 1.82) is 5.26 Å². The summed E-state index contributed by atoms with van der Waals surface area (Å²) in [6.45, 7) is 3.67. The highest BCUT2D eigenvalue weighted by Crippen LogP contribution is 2.22. The van der Waals surface area contributed by atoms with Crippen LogP contribution < -0.4 is 5.73 Å². The minimum Gasteiger partial charge on any atom is -0.462 e. The van der Waals surface area contributed by atoms with E-state index in [2.05, 4.69) is 0 Å². The lowest BCUT2D eigenvalue weighted by Gasteiger charge is -2.19. The summed E-state index contributed by atoms with van der Waals surface area (Å²) < 4.78 is 4.86. The van der Waals surface area contributed by atoms with E-state index in [0.29, 0.717) is 5.82 Å². The topological polar surface area (TPSA) is 79.3 Å². The van der Waals surface area contributed by atoms with Crippen molar-refractivity contribution in [3.63, 3.8) is 0 Å². The molecular formula is C10H15N3O2S. The van der Waals surface area contributed by atoms with E-state index in [0.717, 1.165) is 37.7 Å². The summed E-state index contributed by atoms with van der Waals surface area (Å²) in [6.07, 6.45) is 2.13. The molecule has 2 N–H and O–H groups in total. The van der Waals surface area contributed by atoms with Gasteiger partial charge in [0, 0.05) is 24.9 Å². The molecule has 1 aliphatic rings. The maximum absolute atomic E-state index is 11.6. The summed E-state index contributed by atoms with van der Waals surface area (Å²) in [4.78, 5) is 13.7. The third-order valence-corrected chi connectivity index (χ3v) is 2.96. The number of nitrogens with zero attached hydrogens (tertiary/aromatic N) is 2. The van der Waals surface area contributed by atoms with Gasteiger partial charge in [0.05, 0.1) is 6.61 Å². The van der Waals surface area contributed by atoms with Crippen LogP contribution in [-0.4, -0.2) is 30.6 Å². The number of likely N-dealkylation sites (tertiary alicyclic amines) is 1. The zero-order valence-electron chi connectivity index (χ0n) is 9.23. The van der Waals surface area contributed by atoms with Crippen molar-refractivity contribution < 1.29 is 9.53 Å². The predicted molar refractivity (Wildman–Crippen MR) is 61.9 cm³/mol. The maximum atomic E-state index is 11.6. The number of hydrogen-bond donors (Lipinski definition) is 1. The molecule has 88 valence electrons. The fourth-order valence-corrected chi connectivity index (χ4v) is 2.01. The Morgan fingerprint density at radius 1 is 1.56 bits per heavy atom. The molecule has 1 fully saturated rings. The molecule has 1 aliphatic heterocycles. The Bertz CT molecular complexity index is 329. The minimum absolute atomic E-state index is 0.200. The van der Waals surface area contributed by atoms with E-state index in [-0.39, 0.29) is 11.5 Å². The van der Waals surface area contributed by atoms with Gasteiger partial charge >= 0.3 is 5.97 Å². The van der Waals surface area contributed by atoms with Crippen molar-refractivity contribution in [1.82, 2.24) is 4.90 Å². The van der Waals surface area contributed by atoms with Crippen LogP contribution in [0.15, 0.2) is 10.7 Å². The first-order chi connectivity index (χ1) is 7.70. The van der Waals surface area contributed by atoms with E-state index in [1.807, 2.05) is 10.3 Å². The Morgan fingerprint density at radius 3 is 2.69 bits per heavy atom. The number of nitriles is 1. The van der Waals surface area contributed by atoms with Crippen LogP contribution in [0.2, 0.25) is 0 Å². The molecule has 0 atom stereocenters. The Kier molecular flexibility index (Phi) is 4.99. The van der Waals surface area contributed by atoms with E-state index in [1.165, 1.54) is 0 Å². The van der Waals surface area contributed by atoms with Crippen LogP contribution in [0.25, 0.3) is 0 Å². The Balaban J connectivity index is 2.84. The average molecular weight is 241 g/mol. The summed E-state index contributed by atoms with van der Waals surface area (Å²) in [6, 6.07) is 0. The van der Waals surface area contributed by atoms with Gasteiger partial charge in [0.2, 0.25) is 0 Å². The van der Waals surface area contributed by atoms with Gasteiger partial charge in [0.1, 0.15) is 16.1 Å². The number of thiocyanates is 1. The monoisotopic (exact) mass is 241 g/mol. The molecule has 1 heterocycles. The summed E-state index contributed by atoms with van der Waals surface area (Å²) in [7, 11) is 0. The molecule has 0 bridgehead atoms. The third-order valence-electron chi connectivity index (χ3n) is 2.29. The Hall–Kier alpha value is -1.35. The van der Waals surface area contributed by atoms with Crippen molar-refractivity contribution in [3.05, 3.63) is 10.7 Å².